The van der Waals surface area contributed by atoms with E-state index in [1.807, 2.05) is 6.92 Å². The van der Waals surface area contributed by atoms with Crippen molar-refractivity contribution in [1.29, 1.82) is 0 Å². The first-order valence-electron chi connectivity index (χ1n) is 5.41. The molecule has 86 valence electrons. The van der Waals surface area contributed by atoms with Crippen LogP contribution >= 0.6 is 0 Å². The average Bonchev–Trinajstić information content (AvgIpc) is 2.63. The summed E-state index contributed by atoms with van der Waals surface area (Å²) in [5.41, 5.74) is 6.93. The van der Waals surface area contributed by atoms with E-state index in [-0.39, 0.29) is 11.6 Å². The number of ether oxygens (including phenoxy) is 1. The van der Waals surface area contributed by atoms with E-state index in [1.54, 1.807) is 7.11 Å². The second-order valence-corrected chi connectivity index (χ2v) is 4.69. The van der Waals surface area contributed by atoms with Crippen LogP contribution in [0.4, 0.5) is 0 Å². The minimum absolute atomic E-state index is 0.0568. The number of hydrogen-bond donors (Lipinski definition) is 1. The highest BCUT2D eigenvalue weighted by atomic mass is 16.5. The molecule has 3 heteroatoms. The molecule has 2 N–H and O–H groups in total. The molecule has 0 aliphatic heterocycles. The van der Waals surface area contributed by atoms with Crippen LogP contribution in [-0.2, 0) is 11.3 Å². The molecule has 1 aromatic rings. The van der Waals surface area contributed by atoms with Gasteiger partial charge < -0.3 is 15.0 Å². The molecule has 0 bridgehead atoms. The first kappa shape index (κ1) is 12.3. The standard InChI is InChI=1S/C12H22N2O/c1-10(13)11-5-7-14(9-11)8-6-12(2,3)15-4/h5,7,9-10H,6,8,13H2,1-4H3. The van der Waals surface area contributed by atoms with Crippen LogP contribution < -0.4 is 5.73 Å². The molecule has 0 saturated heterocycles. The molecule has 0 radical (unpaired) electrons. The number of rotatable bonds is 5. The quantitative estimate of drug-likeness (QED) is 0.810. The molecule has 1 rings (SSSR count). The van der Waals surface area contributed by atoms with Crippen molar-refractivity contribution in [3.05, 3.63) is 24.0 Å². The van der Waals surface area contributed by atoms with Gasteiger partial charge in [-0.3, -0.25) is 0 Å². The zero-order chi connectivity index (χ0) is 11.5. The van der Waals surface area contributed by atoms with Gasteiger partial charge in [-0.2, -0.15) is 0 Å². The van der Waals surface area contributed by atoms with Crippen molar-refractivity contribution in [2.75, 3.05) is 7.11 Å². The van der Waals surface area contributed by atoms with Crippen LogP contribution in [0.15, 0.2) is 18.5 Å². The number of hydrogen-bond acceptors (Lipinski definition) is 2. The van der Waals surface area contributed by atoms with Gasteiger partial charge in [-0.1, -0.05) is 0 Å². The van der Waals surface area contributed by atoms with E-state index < -0.39 is 0 Å². The molecule has 0 aliphatic carbocycles. The van der Waals surface area contributed by atoms with Crippen molar-refractivity contribution >= 4 is 0 Å². The monoisotopic (exact) mass is 210 g/mol. The summed E-state index contributed by atoms with van der Waals surface area (Å²) in [7, 11) is 1.75. The molecule has 3 nitrogen and oxygen atoms in total. The molecule has 0 aliphatic rings. The zero-order valence-electron chi connectivity index (χ0n) is 10.2. The summed E-state index contributed by atoms with van der Waals surface area (Å²) in [6, 6.07) is 2.19. The normalized spacial score (nSPS) is 14.2. The van der Waals surface area contributed by atoms with Gasteiger partial charge in [-0.15, -0.1) is 0 Å². The minimum Gasteiger partial charge on any atom is -0.379 e. The summed E-state index contributed by atoms with van der Waals surface area (Å²) in [5.74, 6) is 0. The first-order valence-corrected chi connectivity index (χ1v) is 5.41. The Balaban J connectivity index is 2.51. The Morgan fingerprint density at radius 2 is 2.20 bits per heavy atom. The minimum atomic E-state index is -0.0568. The second kappa shape index (κ2) is 4.81. The van der Waals surface area contributed by atoms with E-state index in [1.165, 1.54) is 5.56 Å². The fraction of sp³-hybridized carbons (Fsp3) is 0.667. The number of aromatic nitrogens is 1. The van der Waals surface area contributed by atoms with E-state index in [9.17, 15) is 0 Å². The number of nitrogens with two attached hydrogens (primary N) is 1. The van der Waals surface area contributed by atoms with Gasteiger partial charge >= 0.3 is 0 Å². The highest BCUT2D eigenvalue weighted by Gasteiger charge is 2.15. The maximum Gasteiger partial charge on any atom is 0.0639 e. The maximum absolute atomic E-state index is 5.80. The van der Waals surface area contributed by atoms with Crippen LogP contribution in [0, 0.1) is 0 Å². The molecule has 1 aromatic heterocycles. The average molecular weight is 210 g/mol. The van der Waals surface area contributed by atoms with Crippen molar-refractivity contribution < 1.29 is 4.74 Å². The van der Waals surface area contributed by atoms with Gasteiger partial charge in [-0.05, 0) is 38.8 Å². The van der Waals surface area contributed by atoms with Gasteiger partial charge in [0.1, 0.15) is 0 Å². The Hall–Kier alpha value is -0.800. The fourth-order valence-electron chi connectivity index (χ4n) is 1.37. The third-order valence-corrected chi connectivity index (χ3v) is 2.82. The molecule has 1 atom stereocenters. The highest BCUT2D eigenvalue weighted by Crippen LogP contribution is 2.16. The lowest BCUT2D eigenvalue weighted by molar-refractivity contribution is 0.0120. The topological polar surface area (TPSA) is 40.2 Å². The second-order valence-electron chi connectivity index (χ2n) is 4.69. The van der Waals surface area contributed by atoms with Crippen molar-refractivity contribution in [3.63, 3.8) is 0 Å². The molecule has 1 unspecified atom stereocenters. The van der Waals surface area contributed by atoms with Crippen LogP contribution in [-0.4, -0.2) is 17.3 Å². The molecular formula is C12H22N2O. The van der Waals surface area contributed by atoms with Gasteiger partial charge in [-0.25, -0.2) is 0 Å². The Bertz CT molecular complexity index is 302. The Morgan fingerprint density at radius 1 is 1.53 bits per heavy atom. The Labute approximate surface area is 92.2 Å². The smallest absolute Gasteiger partial charge is 0.0639 e. The lowest BCUT2D eigenvalue weighted by atomic mass is 10.1. The number of aryl methyl sites for hydroxylation is 1. The molecule has 0 spiro atoms. The molecule has 0 fully saturated rings. The van der Waals surface area contributed by atoms with Gasteiger partial charge in [0.05, 0.1) is 5.60 Å². The molecule has 0 amide bonds. The van der Waals surface area contributed by atoms with Crippen LogP contribution in [0.25, 0.3) is 0 Å². The summed E-state index contributed by atoms with van der Waals surface area (Å²) < 4.78 is 7.54. The van der Waals surface area contributed by atoms with Crippen molar-refractivity contribution in [1.82, 2.24) is 4.57 Å². The maximum atomic E-state index is 5.80. The fourth-order valence-corrected chi connectivity index (χ4v) is 1.37. The van der Waals surface area contributed by atoms with Crippen molar-refractivity contribution in [2.24, 2.45) is 5.73 Å². The number of nitrogens with zero attached hydrogens (tertiary/aromatic N) is 1. The van der Waals surface area contributed by atoms with E-state index in [4.69, 9.17) is 10.5 Å². The zero-order valence-corrected chi connectivity index (χ0v) is 10.2. The van der Waals surface area contributed by atoms with E-state index >= 15 is 0 Å². The predicted octanol–water partition coefficient (Wildman–Crippen LogP) is 2.32. The molecule has 0 saturated carbocycles. The number of methoxy groups -OCH3 is 1. The summed E-state index contributed by atoms with van der Waals surface area (Å²) in [6.45, 7) is 7.16. The van der Waals surface area contributed by atoms with Crippen molar-refractivity contribution in [3.8, 4) is 0 Å². The van der Waals surface area contributed by atoms with Gasteiger partial charge in [0.15, 0.2) is 0 Å². The van der Waals surface area contributed by atoms with Gasteiger partial charge in [0, 0.05) is 32.1 Å². The summed E-state index contributed by atoms with van der Waals surface area (Å²) in [4.78, 5) is 0. The van der Waals surface area contributed by atoms with E-state index in [2.05, 4.69) is 36.9 Å². The lowest BCUT2D eigenvalue weighted by Crippen LogP contribution is -2.24. The lowest BCUT2D eigenvalue weighted by Gasteiger charge is -2.22. The van der Waals surface area contributed by atoms with Crippen LogP contribution in [0.3, 0.4) is 0 Å². The van der Waals surface area contributed by atoms with Crippen LogP contribution in [0.5, 0.6) is 0 Å². The van der Waals surface area contributed by atoms with Gasteiger partial charge in [0.25, 0.3) is 0 Å². The third-order valence-electron chi connectivity index (χ3n) is 2.82. The molecule has 1 heterocycles. The van der Waals surface area contributed by atoms with E-state index in [0.717, 1.165) is 13.0 Å². The van der Waals surface area contributed by atoms with E-state index in [0.29, 0.717) is 0 Å². The van der Waals surface area contributed by atoms with Crippen molar-refractivity contribution in [2.45, 2.75) is 45.4 Å². The SMILES string of the molecule is COC(C)(C)CCn1ccc(C(C)N)c1. The Kier molecular flexibility index (Phi) is 3.94. The molecule has 15 heavy (non-hydrogen) atoms. The summed E-state index contributed by atoms with van der Waals surface area (Å²) in [6.07, 6.45) is 5.18. The summed E-state index contributed by atoms with van der Waals surface area (Å²) in [5, 5.41) is 0. The molecular weight excluding hydrogens is 188 g/mol. The highest BCUT2D eigenvalue weighted by molar-refractivity contribution is 5.13. The van der Waals surface area contributed by atoms with Crippen LogP contribution in [0.1, 0.15) is 38.8 Å². The predicted molar refractivity (Wildman–Crippen MR) is 62.7 cm³/mol. The first-order chi connectivity index (χ1) is 6.94. The Morgan fingerprint density at radius 3 is 2.67 bits per heavy atom. The van der Waals surface area contributed by atoms with Gasteiger partial charge in [0.2, 0.25) is 0 Å². The largest absolute Gasteiger partial charge is 0.379 e. The van der Waals surface area contributed by atoms with Crippen LogP contribution in [0.2, 0.25) is 0 Å². The third kappa shape index (κ3) is 3.68. The molecule has 0 aromatic carbocycles. The summed E-state index contributed by atoms with van der Waals surface area (Å²) >= 11 is 0.